The molecule has 1 heterocycles. The average Bonchev–Trinajstić information content (AvgIpc) is 3.28. The predicted molar refractivity (Wildman–Crippen MR) is 123 cm³/mol. The van der Waals surface area contributed by atoms with Gasteiger partial charge < -0.3 is 9.64 Å². The Kier molecular flexibility index (Phi) is 6.00. The highest BCUT2D eigenvalue weighted by Crippen LogP contribution is 2.42. The minimum Gasteiger partial charge on any atom is -0.497 e. The summed E-state index contributed by atoms with van der Waals surface area (Å²) < 4.78 is 5.28. The zero-order valence-electron chi connectivity index (χ0n) is 16.6. The summed E-state index contributed by atoms with van der Waals surface area (Å²) in [5, 5.41) is 21.0. The zero-order chi connectivity index (χ0) is 21.6. The molecule has 3 aromatic carbocycles. The molecule has 0 unspecified atom stereocenters. The molecule has 31 heavy (non-hydrogen) atoms. The number of para-hydroxylation sites is 1. The molecule has 0 saturated carbocycles. The highest BCUT2D eigenvalue weighted by molar-refractivity contribution is 7.19. The molecule has 0 radical (unpaired) electrons. The summed E-state index contributed by atoms with van der Waals surface area (Å²) in [4.78, 5) is 12.5. The molecule has 0 amide bonds. The van der Waals surface area contributed by atoms with Crippen molar-refractivity contribution in [2.45, 2.75) is 0 Å². The molecular formula is C23H18N4O3S. The van der Waals surface area contributed by atoms with E-state index in [0.717, 1.165) is 27.1 Å². The van der Waals surface area contributed by atoms with Crippen molar-refractivity contribution < 1.29 is 9.66 Å². The zero-order valence-corrected chi connectivity index (χ0v) is 17.4. The number of anilines is 3. The van der Waals surface area contributed by atoms with E-state index in [4.69, 9.17) is 4.74 Å². The fourth-order valence-electron chi connectivity index (χ4n) is 2.95. The number of benzene rings is 3. The van der Waals surface area contributed by atoms with E-state index in [-0.39, 0.29) is 5.69 Å². The number of methoxy groups -OCH3 is 1. The first-order valence-corrected chi connectivity index (χ1v) is 10.2. The van der Waals surface area contributed by atoms with Gasteiger partial charge in [-0.15, -0.1) is 10.2 Å². The van der Waals surface area contributed by atoms with Crippen LogP contribution in [0.3, 0.4) is 0 Å². The number of hydrogen-bond acceptors (Lipinski definition) is 7. The highest BCUT2D eigenvalue weighted by Gasteiger charge is 2.14. The molecule has 4 rings (SSSR count). The molecule has 154 valence electrons. The van der Waals surface area contributed by atoms with Crippen LogP contribution in [0.25, 0.3) is 0 Å². The van der Waals surface area contributed by atoms with Gasteiger partial charge >= 0.3 is 0 Å². The van der Waals surface area contributed by atoms with E-state index in [2.05, 4.69) is 15.1 Å². The Labute approximate surface area is 183 Å². The quantitative estimate of drug-likeness (QED) is 0.172. The smallest absolute Gasteiger partial charge is 0.269 e. The minimum atomic E-state index is -0.441. The molecular weight excluding hydrogens is 412 g/mol. The van der Waals surface area contributed by atoms with Crippen molar-refractivity contribution in [3.05, 3.63) is 101 Å². The second-order valence-corrected chi connectivity index (χ2v) is 7.50. The van der Waals surface area contributed by atoms with Crippen LogP contribution in [-0.2, 0) is 0 Å². The Morgan fingerprint density at radius 1 is 0.839 bits per heavy atom. The van der Waals surface area contributed by atoms with E-state index in [0.29, 0.717) is 5.69 Å². The third-order valence-corrected chi connectivity index (χ3v) is 5.42. The second kappa shape index (κ2) is 9.19. The van der Waals surface area contributed by atoms with Crippen molar-refractivity contribution in [3.63, 3.8) is 0 Å². The van der Waals surface area contributed by atoms with E-state index in [1.807, 2.05) is 66.7 Å². The Bertz CT molecular complexity index is 1190. The van der Waals surface area contributed by atoms with E-state index < -0.39 is 4.92 Å². The van der Waals surface area contributed by atoms with Crippen molar-refractivity contribution >= 4 is 44.1 Å². The van der Waals surface area contributed by atoms with E-state index in [1.165, 1.54) is 23.5 Å². The molecule has 0 spiro atoms. The lowest BCUT2D eigenvalue weighted by Gasteiger charge is -2.23. The van der Waals surface area contributed by atoms with Gasteiger partial charge in [-0.25, -0.2) is 0 Å². The summed E-state index contributed by atoms with van der Waals surface area (Å²) in [5.41, 5.74) is 2.59. The molecule has 0 fully saturated rings. The Balaban J connectivity index is 1.62. The van der Waals surface area contributed by atoms with Gasteiger partial charge in [0, 0.05) is 23.5 Å². The molecule has 4 aromatic rings. The first-order valence-electron chi connectivity index (χ1n) is 9.39. The van der Waals surface area contributed by atoms with Crippen LogP contribution in [0.1, 0.15) is 0 Å². The van der Waals surface area contributed by atoms with Gasteiger partial charge in [-0.05, 0) is 60.7 Å². The van der Waals surface area contributed by atoms with Crippen LogP contribution in [0.5, 0.6) is 5.75 Å². The summed E-state index contributed by atoms with van der Waals surface area (Å²) in [7, 11) is 1.64. The van der Waals surface area contributed by atoms with Gasteiger partial charge in [0.2, 0.25) is 0 Å². The van der Waals surface area contributed by atoms with Crippen LogP contribution in [0.15, 0.2) is 101 Å². The van der Waals surface area contributed by atoms with Crippen LogP contribution in [-0.4, -0.2) is 12.0 Å². The van der Waals surface area contributed by atoms with Crippen LogP contribution >= 0.6 is 11.3 Å². The molecule has 0 aliphatic carbocycles. The van der Waals surface area contributed by atoms with Crippen LogP contribution < -0.4 is 9.64 Å². The number of nitrogens with zero attached hydrogens (tertiary/aromatic N) is 4. The van der Waals surface area contributed by atoms with Gasteiger partial charge in [0.25, 0.3) is 5.69 Å². The van der Waals surface area contributed by atoms with Crippen molar-refractivity contribution in [1.82, 2.24) is 0 Å². The topological polar surface area (TPSA) is 80.3 Å². The Morgan fingerprint density at radius 2 is 1.52 bits per heavy atom. The van der Waals surface area contributed by atoms with Crippen molar-refractivity contribution in [1.29, 1.82) is 0 Å². The number of hydrogen-bond donors (Lipinski definition) is 0. The van der Waals surface area contributed by atoms with E-state index >= 15 is 0 Å². The van der Waals surface area contributed by atoms with E-state index in [9.17, 15) is 10.1 Å². The lowest BCUT2D eigenvalue weighted by atomic mass is 10.2. The fraction of sp³-hybridized carbons (Fsp3) is 0.0435. The number of ether oxygens (including phenoxy) is 1. The SMILES string of the molecule is COc1ccc(N(c2ccccc2)c2ccc(N=Nc3ccc([N+](=O)[O-])cc3)s2)cc1. The van der Waals surface area contributed by atoms with Crippen molar-refractivity contribution in [3.8, 4) is 5.75 Å². The molecule has 0 aliphatic heterocycles. The van der Waals surface area contributed by atoms with Crippen LogP contribution in [0, 0.1) is 10.1 Å². The summed E-state index contributed by atoms with van der Waals surface area (Å²) in [6, 6.07) is 27.8. The molecule has 7 nitrogen and oxygen atoms in total. The molecule has 1 aromatic heterocycles. The lowest BCUT2D eigenvalue weighted by Crippen LogP contribution is -2.07. The predicted octanol–water partition coefficient (Wildman–Crippen LogP) is 7.55. The number of azo groups is 1. The fourth-order valence-corrected chi connectivity index (χ4v) is 3.82. The maximum atomic E-state index is 10.8. The molecule has 0 N–H and O–H groups in total. The van der Waals surface area contributed by atoms with Gasteiger partial charge in [0.05, 0.1) is 17.7 Å². The van der Waals surface area contributed by atoms with Gasteiger partial charge in [-0.3, -0.25) is 10.1 Å². The number of thiophene rings is 1. The second-order valence-electron chi connectivity index (χ2n) is 6.45. The normalized spacial score (nSPS) is 10.9. The monoisotopic (exact) mass is 430 g/mol. The third-order valence-electron chi connectivity index (χ3n) is 4.47. The number of non-ortho nitro benzene ring substituents is 1. The number of nitro benzene ring substituents is 1. The standard InChI is InChI=1S/C23H18N4O3S/c1-30-21-13-11-19(12-14-21)26(18-5-3-2-4-6-18)23-16-15-22(31-23)25-24-17-7-9-20(10-8-17)27(28)29/h2-16H,1H3. The first-order chi connectivity index (χ1) is 15.1. The van der Waals surface area contributed by atoms with Gasteiger partial charge in [-0.2, -0.15) is 0 Å². The van der Waals surface area contributed by atoms with E-state index in [1.54, 1.807) is 19.2 Å². The van der Waals surface area contributed by atoms with Crippen LogP contribution in [0.2, 0.25) is 0 Å². The first kappa shape index (κ1) is 20.2. The Hall–Kier alpha value is -4.04. The number of rotatable bonds is 7. The van der Waals surface area contributed by atoms with Crippen molar-refractivity contribution in [2.24, 2.45) is 10.2 Å². The Morgan fingerprint density at radius 3 is 2.16 bits per heavy atom. The number of nitro groups is 1. The molecule has 8 heteroatoms. The maximum Gasteiger partial charge on any atom is 0.269 e. The minimum absolute atomic E-state index is 0.0235. The van der Waals surface area contributed by atoms with Crippen LogP contribution in [0.4, 0.5) is 32.8 Å². The average molecular weight is 430 g/mol. The lowest BCUT2D eigenvalue weighted by molar-refractivity contribution is -0.384. The summed E-state index contributed by atoms with van der Waals surface area (Å²) >= 11 is 1.49. The molecule has 0 aliphatic rings. The largest absolute Gasteiger partial charge is 0.497 e. The van der Waals surface area contributed by atoms with Gasteiger partial charge in [0.1, 0.15) is 15.8 Å². The summed E-state index contributed by atoms with van der Waals surface area (Å²) in [6.07, 6.45) is 0. The summed E-state index contributed by atoms with van der Waals surface area (Å²) in [6.45, 7) is 0. The van der Waals surface area contributed by atoms with Gasteiger partial charge in [-0.1, -0.05) is 29.5 Å². The molecule has 0 bridgehead atoms. The molecule has 0 saturated heterocycles. The third kappa shape index (κ3) is 4.76. The van der Waals surface area contributed by atoms with Crippen molar-refractivity contribution in [2.75, 3.05) is 12.0 Å². The molecule has 0 atom stereocenters. The highest BCUT2D eigenvalue weighted by atomic mass is 32.1. The summed E-state index contributed by atoms with van der Waals surface area (Å²) in [5.74, 6) is 0.792. The van der Waals surface area contributed by atoms with Gasteiger partial charge in [0.15, 0.2) is 0 Å². The maximum absolute atomic E-state index is 10.8.